The zero-order chi connectivity index (χ0) is 26.4. The summed E-state index contributed by atoms with van der Waals surface area (Å²) in [4.78, 5) is 11.6. The normalized spacial score (nSPS) is 15.9. The van der Waals surface area contributed by atoms with Crippen LogP contribution in [0.3, 0.4) is 0 Å². The van der Waals surface area contributed by atoms with Crippen LogP contribution in [0.5, 0.6) is 0 Å². The third-order valence-corrected chi connectivity index (χ3v) is 6.84. The van der Waals surface area contributed by atoms with Crippen molar-refractivity contribution >= 4 is 14.7 Å². The van der Waals surface area contributed by atoms with Crippen molar-refractivity contribution in [1.82, 2.24) is 5.32 Å². The van der Waals surface area contributed by atoms with E-state index in [1.165, 1.54) is 5.32 Å². The smallest absolute Gasteiger partial charge is 0.374 e. The standard InChI is InChI=1S/C15H22F11NO5Si/c1-4-29-33(30-5-2,31-6-3)9-7-8-27-10(28)11(16,13(19,20)21)32-15(25,26)12(17,18)14(22,23)24/h4-9H2,1-3H3,(H,27,28). The molecule has 6 nitrogen and oxygen atoms in total. The van der Waals surface area contributed by atoms with Crippen molar-refractivity contribution in [2.75, 3.05) is 26.4 Å². The lowest BCUT2D eigenvalue weighted by Crippen LogP contribution is -2.63. The van der Waals surface area contributed by atoms with Crippen LogP contribution in [-0.4, -0.2) is 71.3 Å². The Balaban J connectivity index is 5.52. The van der Waals surface area contributed by atoms with Gasteiger partial charge in [-0.15, -0.1) is 0 Å². The molecule has 1 amide bonds. The molecule has 0 rings (SSSR count). The van der Waals surface area contributed by atoms with Crippen molar-refractivity contribution in [1.29, 1.82) is 0 Å². The molecule has 1 atom stereocenters. The summed E-state index contributed by atoms with van der Waals surface area (Å²) in [6.07, 6.45) is -21.3. The Kier molecular flexibility index (Phi) is 11.0. The number of alkyl halides is 11. The summed E-state index contributed by atoms with van der Waals surface area (Å²) in [5, 5.41) is 1.18. The van der Waals surface area contributed by atoms with Crippen LogP contribution >= 0.6 is 0 Å². The summed E-state index contributed by atoms with van der Waals surface area (Å²) in [5.41, 5.74) is 0. The Morgan fingerprint density at radius 3 is 1.52 bits per heavy atom. The second-order valence-electron chi connectivity index (χ2n) is 6.13. The molecule has 0 saturated carbocycles. The van der Waals surface area contributed by atoms with Crippen LogP contribution < -0.4 is 5.32 Å². The molecule has 0 spiro atoms. The van der Waals surface area contributed by atoms with Crippen molar-refractivity contribution in [2.24, 2.45) is 0 Å². The van der Waals surface area contributed by atoms with E-state index in [1.807, 2.05) is 0 Å². The fourth-order valence-corrected chi connectivity index (χ4v) is 4.87. The van der Waals surface area contributed by atoms with Crippen molar-refractivity contribution in [2.45, 2.75) is 63.5 Å². The third kappa shape index (κ3) is 7.62. The fourth-order valence-electron chi connectivity index (χ4n) is 2.26. The molecule has 198 valence electrons. The van der Waals surface area contributed by atoms with E-state index in [1.54, 1.807) is 20.8 Å². The quantitative estimate of drug-likeness (QED) is 0.201. The lowest BCUT2D eigenvalue weighted by atomic mass is 10.2. The lowest BCUT2D eigenvalue weighted by molar-refractivity contribution is -0.472. The van der Waals surface area contributed by atoms with Crippen LogP contribution in [0.4, 0.5) is 48.3 Å². The fraction of sp³-hybridized carbons (Fsp3) is 0.933. The minimum Gasteiger partial charge on any atom is -0.374 e. The molecule has 0 fully saturated rings. The Labute approximate surface area is 182 Å². The number of ether oxygens (including phenoxy) is 1. The van der Waals surface area contributed by atoms with Crippen LogP contribution in [-0.2, 0) is 22.8 Å². The summed E-state index contributed by atoms with van der Waals surface area (Å²) < 4.78 is 160. The van der Waals surface area contributed by atoms with Gasteiger partial charge in [0.2, 0.25) is 0 Å². The van der Waals surface area contributed by atoms with Gasteiger partial charge in [-0.25, -0.2) is 0 Å². The van der Waals surface area contributed by atoms with Crippen LogP contribution in [0.15, 0.2) is 0 Å². The molecule has 0 aromatic heterocycles. The number of halogens is 11. The van der Waals surface area contributed by atoms with Crippen molar-refractivity contribution < 1.29 is 71.1 Å². The minimum atomic E-state index is -7.25. The Morgan fingerprint density at radius 2 is 1.18 bits per heavy atom. The highest BCUT2D eigenvalue weighted by molar-refractivity contribution is 6.60. The Hall–Kier alpha value is -1.24. The van der Waals surface area contributed by atoms with Crippen molar-refractivity contribution in [3.8, 4) is 0 Å². The summed E-state index contributed by atoms with van der Waals surface area (Å²) in [7, 11) is -3.38. The lowest BCUT2D eigenvalue weighted by Gasteiger charge is -2.34. The van der Waals surface area contributed by atoms with Gasteiger partial charge in [0.1, 0.15) is 0 Å². The van der Waals surface area contributed by atoms with E-state index in [-0.39, 0.29) is 32.3 Å². The molecular weight excluding hydrogens is 511 g/mol. The first-order valence-electron chi connectivity index (χ1n) is 9.25. The molecule has 0 radical (unpaired) electrons. The first-order valence-corrected chi connectivity index (χ1v) is 11.2. The molecule has 0 aliphatic heterocycles. The first kappa shape index (κ1) is 31.8. The first-order chi connectivity index (χ1) is 14.8. The number of hydrogen-bond donors (Lipinski definition) is 1. The topological polar surface area (TPSA) is 66.0 Å². The molecular formula is C15H22F11NO5Si. The summed E-state index contributed by atoms with van der Waals surface area (Å²) in [6, 6.07) is -0.155. The maximum absolute atomic E-state index is 14.1. The maximum atomic E-state index is 14.1. The molecule has 0 aromatic carbocycles. The third-order valence-electron chi connectivity index (χ3n) is 3.69. The van der Waals surface area contributed by atoms with E-state index in [0.29, 0.717) is 0 Å². The van der Waals surface area contributed by atoms with Crippen molar-refractivity contribution in [3.63, 3.8) is 0 Å². The second-order valence-corrected chi connectivity index (χ2v) is 8.86. The molecule has 0 aliphatic rings. The molecule has 0 bridgehead atoms. The summed E-state index contributed by atoms with van der Waals surface area (Å²) in [5.74, 6) is -16.6. The number of nitrogens with one attached hydrogen (secondary N) is 1. The molecule has 1 unspecified atom stereocenters. The SMILES string of the molecule is CCO[Si](CCCNC(=O)C(F)(OC(F)(F)C(F)(F)C(F)(F)F)C(F)(F)F)(OCC)OCC. The number of carbonyl (C=O) groups excluding carboxylic acids is 1. The monoisotopic (exact) mass is 533 g/mol. The van der Waals surface area contributed by atoms with Crippen molar-refractivity contribution in [3.05, 3.63) is 0 Å². The van der Waals surface area contributed by atoms with Gasteiger partial charge in [0.25, 0.3) is 5.91 Å². The largest absolute Gasteiger partial charge is 0.500 e. The average molecular weight is 533 g/mol. The van der Waals surface area contributed by atoms with E-state index >= 15 is 0 Å². The number of amides is 1. The second kappa shape index (κ2) is 11.5. The average Bonchev–Trinajstić information content (AvgIpc) is 2.63. The number of hydrogen-bond acceptors (Lipinski definition) is 5. The van der Waals surface area contributed by atoms with E-state index in [0.717, 1.165) is 0 Å². The predicted octanol–water partition coefficient (Wildman–Crippen LogP) is 4.58. The molecule has 1 N–H and O–H groups in total. The van der Waals surface area contributed by atoms with Gasteiger partial charge >= 0.3 is 39.0 Å². The van der Waals surface area contributed by atoms with Crippen LogP contribution in [0, 0.1) is 0 Å². The van der Waals surface area contributed by atoms with E-state index in [4.69, 9.17) is 13.3 Å². The molecule has 0 saturated heterocycles. The molecule has 33 heavy (non-hydrogen) atoms. The summed E-state index contributed by atoms with van der Waals surface area (Å²) >= 11 is 0. The van der Waals surface area contributed by atoms with E-state index in [2.05, 4.69) is 4.74 Å². The molecule has 0 aliphatic carbocycles. The highest BCUT2D eigenvalue weighted by atomic mass is 28.4. The summed E-state index contributed by atoms with van der Waals surface area (Å²) in [6.45, 7) is 4.10. The zero-order valence-electron chi connectivity index (χ0n) is 17.4. The van der Waals surface area contributed by atoms with Gasteiger partial charge < -0.3 is 18.6 Å². The van der Waals surface area contributed by atoms with E-state index in [9.17, 15) is 53.1 Å². The molecule has 0 heterocycles. The van der Waals surface area contributed by atoms with Crippen LogP contribution in [0.1, 0.15) is 27.2 Å². The molecule has 0 aromatic rings. The maximum Gasteiger partial charge on any atom is 0.500 e. The van der Waals surface area contributed by atoms with Crippen LogP contribution in [0.25, 0.3) is 0 Å². The van der Waals surface area contributed by atoms with Gasteiger partial charge in [0.05, 0.1) is 0 Å². The van der Waals surface area contributed by atoms with Crippen LogP contribution in [0.2, 0.25) is 6.04 Å². The Bertz CT molecular complexity index is 615. The highest BCUT2D eigenvalue weighted by Crippen LogP contribution is 2.51. The molecule has 18 heteroatoms. The van der Waals surface area contributed by atoms with Gasteiger partial charge in [0, 0.05) is 32.4 Å². The van der Waals surface area contributed by atoms with E-state index < -0.39 is 51.5 Å². The highest BCUT2D eigenvalue weighted by Gasteiger charge is 2.79. The predicted molar refractivity (Wildman–Crippen MR) is 90.0 cm³/mol. The van der Waals surface area contributed by atoms with Gasteiger partial charge in [-0.2, -0.15) is 48.3 Å². The van der Waals surface area contributed by atoms with Gasteiger partial charge in [-0.3, -0.25) is 9.53 Å². The minimum absolute atomic E-state index is 0.0938. The zero-order valence-corrected chi connectivity index (χ0v) is 18.4. The Morgan fingerprint density at radius 1 is 0.758 bits per heavy atom. The van der Waals surface area contributed by atoms with Gasteiger partial charge in [-0.05, 0) is 27.2 Å². The number of rotatable bonds is 14. The van der Waals surface area contributed by atoms with Gasteiger partial charge in [0.15, 0.2) is 0 Å². The number of carbonyl (C=O) groups is 1. The van der Waals surface area contributed by atoms with Gasteiger partial charge in [-0.1, -0.05) is 0 Å².